The Hall–Kier alpha value is -6.21. The lowest BCUT2D eigenvalue weighted by Gasteiger charge is -2.31. The molecule has 0 heterocycles. The first-order valence-corrected chi connectivity index (χ1v) is 19.1. The van der Waals surface area contributed by atoms with E-state index in [1.807, 2.05) is 12.1 Å². The molecule has 54 heavy (non-hydrogen) atoms. The van der Waals surface area contributed by atoms with Gasteiger partial charge in [0, 0.05) is 5.02 Å². The van der Waals surface area contributed by atoms with Crippen molar-refractivity contribution in [3.05, 3.63) is 232 Å². The van der Waals surface area contributed by atoms with Gasteiger partial charge in [-0.25, -0.2) is 0 Å². The highest BCUT2D eigenvalue weighted by Crippen LogP contribution is 2.63. The van der Waals surface area contributed by atoms with Gasteiger partial charge in [-0.1, -0.05) is 170 Å². The summed E-state index contributed by atoms with van der Waals surface area (Å²) < 4.78 is 0. The second-order valence-corrected chi connectivity index (χ2v) is 15.1. The normalized spacial score (nSPS) is 14.7. The molecule has 2 aliphatic carbocycles. The van der Waals surface area contributed by atoms with Gasteiger partial charge in [0.05, 0.1) is 5.41 Å². The molecule has 0 saturated heterocycles. The summed E-state index contributed by atoms with van der Waals surface area (Å²) in [5, 5.41) is 0.748. The molecule has 10 rings (SSSR count). The minimum atomic E-state index is -0.472. The molecule has 0 bridgehead atoms. The molecule has 1 unspecified atom stereocenters. The molecule has 8 aromatic carbocycles. The van der Waals surface area contributed by atoms with E-state index >= 15 is 0 Å². The minimum Gasteiger partial charge on any atom is -0.0985 e. The molecule has 8 aromatic rings. The van der Waals surface area contributed by atoms with Gasteiger partial charge in [-0.05, 0) is 144 Å². The van der Waals surface area contributed by atoms with Gasteiger partial charge in [0.1, 0.15) is 0 Å². The van der Waals surface area contributed by atoms with Crippen molar-refractivity contribution in [3.8, 4) is 55.6 Å². The van der Waals surface area contributed by atoms with E-state index in [2.05, 4.69) is 183 Å². The molecule has 0 aromatic heterocycles. The Labute approximate surface area is 322 Å². The van der Waals surface area contributed by atoms with Gasteiger partial charge in [-0.2, -0.15) is 0 Å². The van der Waals surface area contributed by atoms with Crippen molar-refractivity contribution in [1.82, 2.24) is 0 Å². The first-order chi connectivity index (χ1) is 26.5. The SMILES string of the molecule is C=Cc1cccc(-c2ccc3c(c2)C2(c4ccccc4-3)c3ccccc3-c3ccc(-c4cccc(-c5cc(Cl)ccc5C)c4Cc4ccccc4)cc32)c1. The maximum atomic E-state index is 6.66. The molecule has 0 aliphatic heterocycles. The van der Waals surface area contributed by atoms with Gasteiger partial charge in [-0.3, -0.25) is 0 Å². The fourth-order valence-electron chi connectivity index (χ4n) is 9.32. The summed E-state index contributed by atoms with van der Waals surface area (Å²) in [6, 6.07) is 64.9. The third kappa shape index (κ3) is 4.91. The van der Waals surface area contributed by atoms with E-state index < -0.39 is 5.41 Å². The van der Waals surface area contributed by atoms with Crippen LogP contribution in [-0.2, 0) is 11.8 Å². The molecular weight excluding hydrogens is 672 g/mol. The average Bonchev–Trinajstić information content (AvgIpc) is 3.69. The molecule has 0 nitrogen and oxygen atoms in total. The van der Waals surface area contributed by atoms with Crippen LogP contribution in [0.2, 0.25) is 5.02 Å². The van der Waals surface area contributed by atoms with Crippen LogP contribution in [0.1, 0.15) is 44.5 Å². The Morgan fingerprint density at radius 1 is 0.463 bits per heavy atom. The lowest BCUT2D eigenvalue weighted by atomic mass is 9.70. The summed E-state index contributed by atoms with van der Waals surface area (Å²) in [7, 11) is 0. The summed E-state index contributed by atoms with van der Waals surface area (Å²) in [4.78, 5) is 0. The van der Waals surface area contributed by atoms with Crippen molar-refractivity contribution in [3.63, 3.8) is 0 Å². The number of rotatable bonds is 6. The van der Waals surface area contributed by atoms with E-state index in [0.717, 1.165) is 17.0 Å². The van der Waals surface area contributed by atoms with Crippen LogP contribution >= 0.6 is 11.6 Å². The largest absolute Gasteiger partial charge is 0.0985 e. The van der Waals surface area contributed by atoms with Crippen LogP contribution in [0.5, 0.6) is 0 Å². The molecular formula is C53H37Cl. The lowest BCUT2D eigenvalue weighted by molar-refractivity contribution is 0.794. The van der Waals surface area contributed by atoms with E-state index in [-0.39, 0.29) is 0 Å². The Kier molecular flexibility index (Phi) is 7.65. The molecule has 0 radical (unpaired) electrons. The van der Waals surface area contributed by atoms with E-state index in [1.54, 1.807) is 0 Å². The standard InChI is InChI=1S/C53H37Cl/c1-3-35-15-11-16-37(29-35)38-24-27-45-43-17-7-9-21-49(43)53(51(45)31-38)50-22-10-8-18-44(50)46-28-25-39(32-52(46)53)41-19-12-20-42(47-33-40(54)26-23-34(47)2)48(41)30-36-13-5-4-6-14-36/h3-29,31-33H,1,30H2,2H3. The Morgan fingerprint density at radius 3 is 1.76 bits per heavy atom. The van der Waals surface area contributed by atoms with Gasteiger partial charge >= 0.3 is 0 Å². The molecule has 1 atom stereocenters. The lowest BCUT2D eigenvalue weighted by Crippen LogP contribution is -2.26. The van der Waals surface area contributed by atoms with Crippen LogP contribution in [0.4, 0.5) is 0 Å². The molecule has 0 N–H and O–H groups in total. The number of benzene rings is 8. The molecule has 1 spiro atoms. The fourth-order valence-corrected chi connectivity index (χ4v) is 9.49. The number of hydrogen-bond acceptors (Lipinski definition) is 0. The Balaban J connectivity index is 1.25. The van der Waals surface area contributed by atoms with Crippen LogP contribution in [0.15, 0.2) is 183 Å². The maximum absolute atomic E-state index is 6.66. The third-order valence-corrected chi connectivity index (χ3v) is 12.0. The van der Waals surface area contributed by atoms with Crippen molar-refractivity contribution in [1.29, 1.82) is 0 Å². The first kappa shape index (κ1) is 32.4. The van der Waals surface area contributed by atoms with E-state index in [9.17, 15) is 0 Å². The fraction of sp³-hybridized carbons (Fsp3) is 0.0566. The monoisotopic (exact) mass is 708 g/mol. The summed E-state index contributed by atoms with van der Waals surface area (Å²) in [6.07, 6.45) is 2.73. The van der Waals surface area contributed by atoms with E-state index in [1.165, 1.54) is 94.6 Å². The third-order valence-electron chi connectivity index (χ3n) is 11.7. The zero-order chi connectivity index (χ0) is 36.4. The smallest absolute Gasteiger partial charge is 0.0725 e. The van der Waals surface area contributed by atoms with Crippen molar-refractivity contribution in [2.75, 3.05) is 0 Å². The van der Waals surface area contributed by atoms with Crippen LogP contribution in [0.3, 0.4) is 0 Å². The highest BCUT2D eigenvalue weighted by atomic mass is 35.5. The topological polar surface area (TPSA) is 0 Å². The molecule has 0 amide bonds. The van der Waals surface area contributed by atoms with Crippen LogP contribution < -0.4 is 0 Å². The quantitative estimate of drug-likeness (QED) is 0.161. The highest BCUT2D eigenvalue weighted by molar-refractivity contribution is 6.31. The van der Waals surface area contributed by atoms with Gasteiger partial charge < -0.3 is 0 Å². The second kappa shape index (κ2) is 12.7. The molecule has 2 aliphatic rings. The number of fused-ring (bicyclic) bond motifs is 10. The summed E-state index contributed by atoms with van der Waals surface area (Å²) in [5.74, 6) is 0. The predicted octanol–water partition coefficient (Wildman–Crippen LogP) is 14.2. The van der Waals surface area contributed by atoms with E-state index in [4.69, 9.17) is 11.6 Å². The Bertz CT molecular complexity index is 2770. The average molecular weight is 709 g/mol. The summed E-state index contributed by atoms with van der Waals surface area (Å²) >= 11 is 6.66. The molecule has 1 heteroatoms. The van der Waals surface area contributed by atoms with Crippen molar-refractivity contribution >= 4 is 17.7 Å². The number of aryl methyl sites for hydroxylation is 1. The zero-order valence-electron chi connectivity index (χ0n) is 30.1. The second-order valence-electron chi connectivity index (χ2n) is 14.6. The molecule has 256 valence electrons. The molecule has 0 fully saturated rings. The van der Waals surface area contributed by atoms with Gasteiger partial charge in [0.25, 0.3) is 0 Å². The molecule has 0 saturated carbocycles. The van der Waals surface area contributed by atoms with Gasteiger partial charge in [0.15, 0.2) is 0 Å². The summed E-state index contributed by atoms with van der Waals surface area (Å²) in [6.45, 7) is 6.22. The van der Waals surface area contributed by atoms with Crippen LogP contribution in [-0.4, -0.2) is 0 Å². The maximum Gasteiger partial charge on any atom is 0.0725 e. The van der Waals surface area contributed by atoms with E-state index in [0.29, 0.717) is 0 Å². The van der Waals surface area contributed by atoms with Crippen molar-refractivity contribution < 1.29 is 0 Å². The van der Waals surface area contributed by atoms with Gasteiger partial charge in [-0.15, -0.1) is 0 Å². The number of hydrogen-bond donors (Lipinski definition) is 0. The van der Waals surface area contributed by atoms with Crippen molar-refractivity contribution in [2.24, 2.45) is 0 Å². The minimum absolute atomic E-state index is 0.472. The Morgan fingerprint density at radius 2 is 1.04 bits per heavy atom. The number of halogens is 1. The van der Waals surface area contributed by atoms with Crippen LogP contribution in [0.25, 0.3) is 61.7 Å². The van der Waals surface area contributed by atoms with Crippen molar-refractivity contribution in [2.45, 2.75) is 18.8 Å². The van der Waals surface area contributed by atoms with Gasteiger partial charge in [0.2, 0.25) is 0 Å². The van der Waals surface area contributed by atoms with Crippen LogP contribution in [0, 0.1) is 6.92 Å². The first-order valence-electron chi connectivity index (χ1n) is 18.7. The highest BCUT2D eigenvalue weighted by Gasteiger charge is 2.51. The zero-order valence-corrected chi connectivity index (χ0v) is 30.9. The predicted molar refractivity (Wildman–Crippen MR) is 228 cm³/mol. The summed E-state index contributed by atoms with van der Waals surface area (Å²) in [5.41, 5.74) is 22.2.